The van der Waals surface area contributed by atoms with Crippen molar-refractivity contribution in [3.63, 3.8) is 0 Å². The highest BCUT2D eigenvalue weighted by Crippen LogP contribution is 2.60. The second-order valence-corrected chi connectivity index (χ2v) is 14.3. The Bertz CT molecular complexity index is 1830. The van der Waals surface area contributed by atoms with Crippen molar-refractivity contribution in [2.45, 2.75) is 61.6 Å². The Morgan fingerprint density at radius 1 is 1.04 bits per heavy atom. The monoisotopic (exact) mass is 755 g/mol. The molecule has 3 aromatic carbocycles. The van der Waals surface area contributed by atoms with Gasteiger partial charge in [0.15, 0.2) is 0 Å². The van der Waals surface area contributed by atoms with E-state index in [1.807, 2.05) is 12.1 Å². The van der Waals surface area contributed by atoms with Crippen LogP contribution in [0, 0.1) is 11.8 Å². The molecule has 2 bridgehead atoms. The minimum atomic E-state index is -1.40. The number of nitrogens with one attached hydrogen (secondary N) is 1. The Hall–Kier alpha value is -4.81. The van der Waals surface area contributed by atoms with Gasteiger partial charge in [0.25, 0.3) is 5.91 Å². The highest BCUT2D eigenvalue weighted by molar-refractivity contribution is 6.30. The number of nitrogens with zero attached hydrogens (tertiary/aromatic N) is 2. The molecule has 6 rings (SSSR count). The van der Waals surface area contributed by atoms with Crippen LogP contribution in [0.4, 0.5) is 5.69 Å². The Balaban J connectivity index is 1.40. The molecule has 284 valence electrons. The van der Waals surface area contributed by atoms with E-state index in [-0.39, 0.29) is 25.5 Å². The van der Waals surface area contributed by atoms with E-state index in [0.717, 1.165) is 0 Å². The van der Waals surface area contributed by atoms with Gasteiger partial charge in [-0.25, -0.2) is 0 Å². The fraction of sp³-hybridized carbons (Fsp3) is 0.381. The third-order valence-electron chi connectivity index (χ3n) is 10.7. The van der Waals surface area contributed by atoms with E-state index >= 15 is 9.59 Å². The maximum absolute atomic E-state index is 15.0. The Morgan fingerprint density at radius 2 is 1.70 bits per heavy atom. The molecule has 3 aliphatic rings. The predicted molar refractivity (Wildman–Crippen MR) is 203 cm³/mol. The van der Waals surface area contributed by atoms with E-state index in [2.05, 4.69) is 18.5 Å². The fourth-order valence-electron chi connectivity index (χ4n) is 8.35. The van der Waals surface area contributed by atoms with Crippen LogP contribution in [-0.2, 0) is 33.4 Å². The lowest BCUT2D eigenvalue weighted by atomic mass is 9.70. The minimum absolute atomic E-state index is 0.0347. The summed E-state index contributed by atoms with van der Waals surface area (Å²) in [5, 5.41) is 14.3. The second-order valence-electron chi connectivity index (χ2n) is 13.8. The average molecular weight is 756 g/mol. The van der Waals surface area contributed by atoms with Crippen LogP contribution in [0.3, 0.4) is 0 Å². The van der Waals surface area contributed by atoms with E-state index < -0.39 is 72.2 Å². The first-order valence-electron chi connectivity index (χ1n) is 18.2. The van der Waals surface area contributed by atoms with Gasteiger partial charge in [-0.2, -0.15) is 0 Å². The summed E-state index contributed by atoms with van der Waals surface area (Å²) >= 11 is 6.20. The molecule has 0 aromatic heterocycles. The molecule has 0 aliphatic carbocycles. The maximum atomic E-state index is 15.0. The minimum Gasteiger partial charge on any atom is -0.455 e. The van der Waals surface area contributed by atoms with Crippen molar-refractivity contribution in [3.05, 3.63) is 126 Å². The van der Waals surface area contributed by atoms with Crippen LogP contribution >= 0.6 is 11.6 Å². The van der Waals surface area contributed by atoms with Crippen molar-refractivity contribution >= 4 is 41.0 Å². The summed E-state index contributed by atoms with van der Waals surface area (Å²) in [4.78, 5) is 60.6. The van der Waals surface area contributed by atoms with Crippen LogP contribution in [0.2, 0.25) is 5.02 Å². The third-order valence-corrected chi connectivity index (χ3v) is 10.9. The highest BCUT2D eigenvalue weighted by Gasteiger charge is 2.76. The Labute approximate surface area is 320 Å². The van der Waals surface area contributed by atoms with Crippen LogP contribution < -0.4 is 10.2 Å². The summed E-state index contributed by atoms with van der Waals surface area (Å²) in [5.74, 6) is -4.05. The number of fused-ring (bicyclic) bond motifs is 1. The van der Waals surface area contributed by atoms with Crippen LogP contribution in [0.5, 0.6) is 0 Å². The number of anilines is 1. The van der Waals surface area contributed by atoms with Crippen molar-refractivity contribution in [2.24, 2.45) is 11.8 Å². The predicted octanol–water partition coefficient (Wildman–Crippen LogP) is 5.35. The standard InChI is InChI=1S/C42H46ClN3O8/c1-4-6-17-34(48)44-31(26-52-3)37(28-15-11-8-12-16-28)53-41(51)35-33-22-23-42(54-33)36(35)39(49)46(32(25-47)27-13-9-7-10-14-27)38(42)40(50)45(24-5-2)30-20-18-29(43)19-21-30/h4-5,7-16,18-21,31-33,35-38,47H,1-2,6,17,22-26H2,3H3,(H,44,48)/t31-,32+,33+,35-,36-,37-,38+,42-/m0/s1. The van der Waals surface area contributed by atoms with Crippen LogP contribution in [0.25, 0.3) is 0 Å². The van der Waals surface area contributed by atoms with Gasteiger partial charge in [-0.15, -0.1) is 13.2 Å². The first-order chi connectivity index (χ1) is 26.2. The summed E-state index contributed by atoms with van der Waals surface area (Å²) in [6.45, 7) is 7.23. The Kier molecular flexibility index (Phi) is 12.3. The number of methoxy groups -OCH3 is 1. The number of halogens is 1. The van der Waals surface area contributed by atoms with E-state index in [0.29, 0.717) is 41.1 Å². The van der Waals surface area contributed by atoms with Crippen LogP contribution in [0.1, 0.15) is 49.0 Å². The molecule has 8 atom stereocenters. The zero-order chi connectivity index (χ0) is 38.4. The molecule has 0 saturated carbocycles. The largest absolute Gasteiger partial charge is 0.455 e. The quantitative estimate of drug-likeness (QED) is 0.139. The van der Waals surface area contributed by atoms with Crippen molar-refractivity contribution in [2.75, 3.05) is 31.8 Å². The number of likely N-dealkylation sites (tertiary alicyclic amines) is 1. The van der Waals surface area contributed by atoms with Crippen molar-refractivity contribution in [1.29, 1.82) is 0 Å². The Morgan fingerprint density at radius 3 is 2.31 bits per heavy atom. The molecule has 3 fully saturated rings. The summed E-state index contributed by atoms with van der Waals surface area (Å²) < 4.78 is 18.5. The number of esters is 1. The van der Waals surface area contributed by atoms with E-state index in [1.54, 1.807) is 84.9 Å². The van der Waals surface area contributed by atoms with E-state index in [1.165, 1.54) is 16.9 Å². The molecule has 3 aliphatic heterocycles. The molecule has 54 heavy (non-hydrogen) atoms. The van der Waals surface area contributed by atoms with Crippen molar-refractivity contribution < 1.29 is 38.5 Å². The number of benzene rings is 3. The van der Waals surface area contributed by atoms with Gasteiger partial charge in [0.1, 0.15) is 17.7 Å². The first kappa shape index (κ1) is 38.9. The van der Waals surface area contributed by atoms with E-state index in [9.17, 15) is 14.7 Å². The number of carbonyl (C=O) groups is 4. The summed E-state index contributed by atoms with van der Waals surface area (Å²) in [5.41, 5.74) is 0.376. The molecular weight excluding hydrogens is 710 g/mol. The zero-order valence-corrected chi connectivity index (χ0v) is 31.0. The summed E-state index contributed by atoms with van der Waals surface area (Å²) in [7, 11) is 1.49. The van der Waals surface area contributed by atoms with Crippen LogP contribution in [-0.4, -0.2) is 84.4 Å². The average Bonchev–Trinajstić information content (AvgIpc) is 3.84. The topological polar surface area (TPSA) is 135 Å². The number of amides is 3. The number of allylic oxidation sites excluding steroid dienone is 1. The lowest BCUT2D eigenvalue weighted by molar-refractivity contribution is -0.163. The molecule has 3 aromatic rings. The van der Waals surface area contributed by atoms with Crippen LogP contribution in [0.15, 0.2) is 110 Å². The maximum Gasteiger partial charge on any atom is 0.313 e. The van der Waals surface area contributed by atoms with Crippen molar-refractivity contribution in [3.8, 4) is 0 Å². The number of aliphatic hydroxyl groups is 1. The van der Waals surface area contributed by atoms with Gasteiger partial charge in [-0.1, -0.05) is 84.4 Å². The SMILES string of the molecule is C=CCCC(=O)N[C@@H](COC)[C@@H](OC(=O)[C@@H]1[C@H]2C(=O)N([C@H](CO)c3ccccc3)[C@H](C(=O)N(CC=C)c3ccc(Cl)cc3)[C@]23CC[C@H]1O3)c1ccccc1. The lowest BCUT2D eigenvalue weighted by Gasteiger charge is -2.39. The molecular formula is C42H46ClN3O8. The van der Waals surface area contributed by atoms with Gasteiger partial charge in [0, 0.05) is 30.8 Å². The highest BCUT2D eigenvalue weighted by atomic mass is 35.5. The molecule has 11 nitrogen and oxygen atoms in total. The number of aliphatic hydroxyl groups excluding tert-OH is 1. The first-order valence-corrected chi connectivity index (χ1v) is 18.5. The van der Waals surface area contributed by atoms with E-state index in [4.69, 9.17) is 25.8 Å². The van der Waals surface area contributed by atoms with Gasteiger partial charge in [0.05, 0.1) is 43.2 Å². The van der Waals surface area contributed by atoms with Gasteiger partial charge in [0.2, 0.25) is 11.8 Å². The molecule has 0 unspecified atom stereocenters. The number of carbonyl (C=O) groups excluding carboxylic acids is 4. The summed E-state index contributed by atoms with van der Waals surface area (Å²) in [6.07, 6.45) is 2.93. The molecule has 3 heterocycles. The fourth-order valence-corrected chi connectivity index (χ4v) is 8.48. The molecule has 0 radical (unpaired) electrons. The zero-order valence-electron chi connectivity index (χ0n) is 30.2. The van der Waals surface area contributed by atoms with Gasteiger partial charge < -0.3 is 34.4 Å². The molecule has 3 saturated heterocycles. The van der Waals surface area contributed by atoms with Gasteiger partial charge >= 0.3 is 5.97 Å². The molecule has 1 spiro atoms. The number of rotatable bonds is 17. The number of hydrogen-bond donors (Lipinski definition) is 2. The molecule has 3 amide bonds. The normalized spacial score (nSPS) is 24.3. The summed E-state index contributed by atoms with van der Waals surface area (Å²) in [6, 6.07) is 21.9. The number of ether oxygens (including phenoxy) is 3. The molecule has 2 N–H and O–H groups in total. The van der Waals surface area contributed by atoms with Gasteiger partial charge in [-0.3, -0.25) is 19.2 Å². The lowest BCUT2D eigenvalue weighted by Crippen LogP contribution is -2.57. The number of hydrogen-bond acceptors (Lipinski definition) is 8. The third kappa shape index (κ3) is 7.46. The van der Waals surface area contributed by atoms with Gasteiger partial charge in [-0.05, 0) is 54.7 Å². The second kappa shape index (κ2) is 17.1. The smallest absolute Gasteiger partial charge is 0.313 e. The van der Waals surface area contributed by atoms with Crippen molar-refractivity contribution in [1.82, 2.24) is 10.2 Å². The molecule has 12 heteroatoms.